The number of hydrogen-bond donors (Lipinski definition) is 0. The summed E-state index contributed by atoms with van der Waals surface area (Å²) < 4.78 is 4.94. The minimum atomic E-state index is 1.17. The lowest BCUT2D eigenvalue weighted by Gasteiger charge is -2.06. The van der Waals surface area contributed by atoms with Gasteiger partial charge in [-0.15, -0.1) is 0 Å². The number of rotatable bonds is 11. The summed E-state index contributed by atoms with van der Waals surface area (Å²) in [6, 6.07) is 9.19. The Balaban J connectivity index is 1.54. The maximum absolute atomic E-state index is 2.47. The van der Waals surface area contributed by atoms with Gasteiger partial charge in [-0.05, 0) is 37.8 Å². The SMILES string of the molecule is Cc1cc(C)[n+](CCCCCCCCCC[n+]2c(C)cc(C)cc2C)c(C)c1. The summed E-state index contributed by atoms with van der Waals surface area (Å²) in [6.45, 7) is 15.7. The molecule has 2 aromatic rings. The van der Waals surface area contributed by atoms with E-state index in [1.54, 1.807) is 0 Å². The molecule has 0 aliphatic carbocycles. The zero-order valence-electron chi connectivity index (χ0n) is 19.3. The molecule has 0 spiro atoms. The van der Waals surface area contributed by atoms with Gasteiger partial charge >= 0.3 is 0 Å². The molecule has 0 saturated carbocycles. The Hall–Kier alpha value is -1.70. The van der Waals surface area contributed by atoms with Crippen LogP contribution in [-0.2, 0) is 13.1 Å². The van der Waals surface area contributed by atoms with Gasteiger partial charge in [-0.25, -0.2) is 9.13 Å². The van der Waals surface area contributed by atoms with Gasteiger partial charge in [0.2, 0.25) is 0 Å². The summed E-state index contributed by atoms with van der Waals surface area (Å²) in [6.07, 6.45) is 10.9. The van der Waals surface area contributed by atoms with Crippen LogP contribution in [0.3, 0.4) is 0 Å². The molecule has 0 aliphatic heterocycles. The van der Waals surface area contributed by atoms with Crippen molar-refractivity contribution in [2.75, 3.05) is 0 Å². The monoisotopic (exact) mass is 382 g/mol. The van der Waals surface area contributed by atoms with Crippen molar-refractivity contribution in [3.05, 3.63) is 58.2 Å². The van der Waals surface area contributed by atoms with E-state index in [-0.39, 0.29) is 0 Å². The Bertz CT molecular complexity index is 650. The Kier molecular flexibility index (Phi) is 9.15. The van der Waals surface area contributed by atoms with Gasteiger partial charge in [-0.2, -0.15) is 0 Å². The molecule has 0 saturated heterocycles. The fraction of sp³-hybridized carbons (Fsp3) is 0.615. The Morgan fingerprint density at radius 2 is 0.679 bits per heavy atom. The summed E-state index contributed by atoms with van der Waals surface area (Å²) in [5.74, 6) is 0. The van der Waals surface area contributed by atoms with Crippen molar-refractivity contribution >= 4 is 0 Å². The third-order valence-corrected chi connectivity index (χ3v) is 5.96. The second-order valence-corrected chi connectivity index (χ2v) is 8.76. The fourth-order valence-corrected chi connectivity index (χ4v) is 4.58. The van der Waals surface area contributed by atoms with Gasteiger partial charge in [0.15, 0.2) is 22.8 Å². The topological polar surface area (TPSA) is 7.76 Å². The first-order valence-electron chi connectivity index (χ1n) is 11.3. The van der Waals surface area contributed by atoms with E-state index < -0.39 is 0 Å². The van der Waals surface area contributed by atoms with E-state index >= 15 is 0 Å². The van der Waals surface area contributed by atoms with E-state index in [9.17, 15) is 0 Å². The van der Waals surface area contributed by atoms with Crippen LogP contribution < -0.4 is 9.13 Å². The normalized spacial score (nSPS) is 11.2. The molecule has 0 amide bonds. The first kappa shape index (κ1) is 22.6. The predicted octanol–water partition coefficient (Wildman–Crippen LogP) is 5.93. The van der Waals surface area contributed by atoms with Crippen LogP contribution in [0.1, 0.15) is 85.3 Å². The van der Waals surface area contributed by atoms with Gasteiger partial charge in [0, 0.05) is 64.8 Å². The molecule has 0 fully saturated rings. The molecule has 0 atom stereocenters. The van der Waals surface area contributed by atoms with Gasteiger partial charge < -0.3 is 0 Å². The molecule has 2 heteroatoms. The van der Waals surface area contributed by atoms with Crippen LogP contribution >= 0.6 is 0 Å². The zero-order chi connectivity index (χ0) is 20.5. The second kappa shape index (κ2) is 11.3. The summed E-state index contributed by atoms with van der Waals surface area (Å²) in [5.41, 5.74) is 8.34. The van der Waals surface area contributed by atoms with Crippen molar-refractivity contribution in [2.45, 2.75) is 106 Å². The Morgan fingerprint density at radius 1 is 0.429 bits per heavy atom. The van der Waals surface area contributed by atoms with Crippen LogP contribution in [-0.4, -0.2) is 0 Å². The predicted molar refractivity (Wildman–Crippen MR) is 119 cm³/mol. The zero-order valence-corrected chi connectivity index (χ0v) is 19.3. The summed E-state index contributed by atoms with van der Waals surface area (Å²) in [4.78, 5) is 0. The highest BCUT2D eigenvalue weighted by Crippen LogP contribution is 2.10. The van der Waals surface area contributed by atoms with E-state index in [0.29, 0.717) is 0 Å². The number of pyridine rings is 2. The highest BCUT2D eigenvalue weighted by atomic mass is 15.0. The van der Waals surface area contributed by atoms with Crippen LogP contribution in [0, 0.1) is 41.5 Å². The number of unbranched alkanes of at least 4 members (excludes halogenated alkanes) is 7. The van der Waals surface area contributed by atoms with E-state index in [1.807, 2.05) is 0 Å². The Labute approximate surface area is 173 Å². The number of aryl methyl sites for hydroxylation is 6. The molecule has 0 unspecified atom stereocenters. The molecule has 2 nitrogen and oxygen atoms in total. The van der Waals surface area contributed by atoms with Crippen LogP contribution in [0.15, 0.2) is 24.3 Å². The second-order valence-electron chi connectivity index (χ2n) is 8.76. The molecule has 0 N–H and O–H groups in total. The highest BCUT2D eigenvalue weighted by molar-refractivity contribution is 5.14. The van der Waals surface area contributed by atoms with Crippen molar-refractivity contribution in [1.82, 2.24) is 0 Å². The van der Waals surface area contributed by atoms with E-state index in [4.69, 9.17) is 0 Å². The molecular formula is C26H42N2+2. The van der Waals surface area contributed by atoms with Crippen LogP contribution in [0.5, 0.6) is 0 Å². The standard InChI is InChI=1S/C26H42N2/c1-21-17-23(3)27(24(4)18-21)15-13-11-9-7-8-10-12-14-16-28-25(5)19-22(2)20-26(28)6/h17-20H,7-16H2,1-6H3/q+2. The molecule has 0 aromatic carbocycles. The van der Waals surface area contributed by atoms with Crippen LogP contribution in [0.25, 0.3) is 0 Å². The van der Waals surface area contributed by atoms with Crippen LogP contribution in [0.4, 0.5) is 0 Å². The van der Waals surface area contributed by atoms with Crippen molar-refractivity contribution in [2.24, 2.45) is 0 Å². The summed E-state index contributed by atoms with van der Waals surface area (Å²) >= 11 is 0. The van der Waals surface area contributed by atoms with Crippen molar-refractivity contribution in [1.29, 1.82) is 0 Å². The summed E-state index contributed by atoms with van der Waals surface area (Å²) in [5, 5.41) is 0. The summed E-state index contributed by atoms with van der Waals surface area (Å²) in [7, 11) is 0. The molecule has 0 aliphatic rings. The first-order chi connectivity index (χ1) is 13.4. The lowest BCUT2D eigenvalue weighted by atomic mass is 10.1. The largest absolute Gasteiger partial charge is 0.200 e. The maximum Gasteiger partial charge on any atom is 0.178 e. The lowest BCUT2D eigenvalue weighted by Crippen LogP contribution is -2.40. The number of nitrogens with zero attached hydrogens (tertiary/aromatic N) is 2. The van der Waals surface area contributed by atoms with Gasteiger partial charge in [-0.3, -0.25) is 0 Å². The van der Waals surface area contributed by atoms with E-state index in [1.165, 1.54) is 98.4 Å². The minimum Gasteiger partial charge on any atom is -0.200 e. The molecule has 154 valence electrons. The maximum atomic E-state index is 2.47. The smallest absolute Gasteiger partial charge is 0.178 e. The third kappa shape index (κ3) is 7.04. The third-order valence-electron chi connectivity index (χ3n) is 5.96. The molecule has 2 heterocycles. The Morgan fingerprint density at radius 3 is 0.964 bits per heavy atom. The van der Waals surface area contributed by atoms with Crippen molar-refractivity contribution in [3.8, 4) is 0 Å². The van der Waals surface area contributed by atoms with E-state index in [0.717, 1.165) is 0 Å². The average Bonchev–Trinajstić information content (AvgIpc) is 2.60. The van der Waals surface area contributed by atoms with Crippen LogP contribution in [0.2, 0.25) is 0 Å². The van der Waals surface area contributed by atoms with Gasteiger partial charge in [0.1, 0.15) is 13.1 Å². The number of hydrogen-bond acceptors (Lipinski definition) is 0. The van der Waals surface area contributed by atoms with Crippen molar-refractivity contribution < 1.29 is 9.13 Å². The minimum absolute atomic E-state index is 1.17. The number of aromatic nitrogens is 2. The van der Waals surface area contributed by atoms with Gasteiger partial charge in [0.05, 0.1) is 0 Å². The molecular weight excluding hydrogens is 340 g/mol. The van der Waals surface area contributed by atoms with Gasteiger partial charge in [0.25, 0.3) is 0 Å². The van der Waals surface area contributed by atoms with E-state index in [2.05, 4.69) is 74.9 Å². The highest BCUT2D eigenvalue weighted by Gasteiger charge is 2.11. The lowest BCUT2D eigenvalue weighted by molar-refractivity contribution is -0.709. The first-order valence-corrected chi connectivity index (χ1v) is 11.3. The molecule has 0 bridgehead atoms. The van der Waals surface area contributed by atoms with Crippen molar-refractivity contribution in [3.63, 3.8) is 0 Å². The fourth-order valence-electron chi connectivity index (χ4n) is 4.58. The average molecular weight is 383 g/mol. The quantitative estimate of drug-likeness (QED) is 0.336. The van der Waals surface area contributed by atoms with Gasteiger partial charge in [-0.1, -0.05) is 25.7 Å². The molecule has 2 aromatic heterocycles. The molecule has 0 radical (unpaired) electrons. The molecule has 28 heavy (non-hydrogen) atoms. The molecule has 2 rings (SSSR count).